The summed E-state index contributed by atoms with van der Waals surface area (Å²) in [5.41, 5.74) is -0.890. The zero-order valence-corrected chi connectivity index (χ0v) is 12.1. The molecule has 1 saturated heterocycles. The molecule has 1 aromatic rings. The van der Waals surface area contributed by atoms with Crippen molar-refractivity contribution >= 4 is 9.84 Å². The average Bonchev–Trinajstić information content (AvgIpc) is 2.45. The monoisotopic (exact) mass is 318 g/mol. The fraction of sp³-hybridized carbons (Fsp3) is 0.538. The second-order valence-electron chi connectivity index (χ2n) is 5.06. The van der Waals surface area contributed by atoms with Crippen LogP contribution in [-0.4, -0.2) is 65.3 Å². The van der Waals surface area contributed by atoms with Gasteiger partial charge >= 0.3 is 0 Å². The number of rotatable bonds is 3. The van der Waals surface area contributed by atoms with Gasteiger partial charge < -0.3 is 25.2 Å². The van der Waals surface area contributed by atoms with E-state index in [-0.39, 0.29) is 4.90 Å². The lowest BCUT2D eigenvalue weighted by Gasteiger charge is -2.39. The Hall–Kier alpha value is -1.03. The van der Waals surface area contributed by atoms with Crippen molar-refractivity contribution in [3.8, 4) is 0 Å². The van der Waals surface area contributed by atoms with Crippen molar-refractivity contribution in [3.05, 3.63) is 29.8 Å². The molecular weight excluding hydrogens is 300 g/mol. The predicted octanol–water partition coefficient (Wildman–Crippen LogP) is -1.43. The van der Waals surface area contributed by atoms with Crippen molar-refractivity contribution in [1.82, 2.24) is 0 Å². The second-order valence-corrected chi connectivity index (χ2v) is 7.08. The Labute approximate surface area is 122 Å². The first-order valence-corrected chi connectivity index (χ1v) is 7.94. The van der Waals surface area contributed by atoms with E-state index in [4.69, 9.17) is 9.84 Å². The fourth-order valence-electron chi connectivity index (χ4n) is 2.19. The highest BCUT2D eigenvalue weighted by atomic mass is 32.2. The van der Waals surface area contributed by atoms with Gasteiger partial charge in [-0.15, -0.1) is 0 Å². The van der Waals surface area contributed by atoms with E-state index in [9.17, 15) is 23.7 Å². The topological polar surface area (TPSA) is 124 Å². The van der Waals surface area contributed by atoms with E-state index in [2.05, 4.69) is 0 Å². The summed E-state index contributed by atoms with van der Waals surface area (Å²) < 4.78 is 30.0. The molecule has 5 atom stereocenters. The van der Waals surface area contributed by atoms with E-state index in [1.165, 1.54) is 12.1 Å². The van der Waals surface area contributed by atoms with Crippen molar-refractivity contribution in [2.24, 2.45) is 0 Å². The molecule has 0 amide bonds. The minimum Gasteiger partial charge on any atom is -0.394 e. The molecule has 0 unspecified atom stereocenters. The lowest BCUT2D eigenvalue weighted by molar-refractivity contribution is -0.207. The Morgan fingerprint density at radius 3 is 2.14 bits per heavy atom. The third-order valence-corrected chi connectivity index (χ3v) is 5.43. The summed E-state index contributed by atoms with van der Waals surface area (Å²) in [6.07, 6.45) is -6.38. The summed E-state index contributed by atoms with van der Waals surface area (Å²) >= 11 is 0. The van der Waals surface area contributed by atoms with E-state index < -0.39 is 46.3 Å². The maximum Gasteiger partial charge on any atom is 0.207 e. The first-order chi connectivity index (χ1) is 9.78. The molecule has 1 aliphatic rings. The number of ether oxygens (including phenoxy) is 1. The van der Waals surface area contributed by atoms with Crippen LogP contribution in [0.4, 0.5) is 0 Å². The Kier molecular flexibility index (Phi) is 4.66. The normalized spacial score (nSPS) is 33.9. The molecule has 1 fully saturated rings. The van der Waals surface area contributed by atoms with Gasteiger partial charge in [0, 0.05) is 0 Å². The van der Waals surface area contributed by atoms with Gasteiger partial charge in [-0.05, 0) is 19.1 Å². The summed E-state index contributed by atoms with van der Waals surface area (Å²) in [6, 6.07) is 5.92. The maximum atomic E-state index is 12.5. The highest BCUT2D eigenvalue weighted by Gasteiger charge is 2.49. The summed E-state index contributed by atoms with van der Waals surface area (Å²) in [5.74, 6) is 0. The standard InChI is InChI=1S/C13H18O7S/c1-7-2-4-8(5-3-7)21(18,19)13-12(17)11(16)10(15)9(6-14)20-13/h2-5,9-17H,6H2,1H3/t9-,10+,11+,12-,13+/m1/s1. The molecule has 0 radical (unpaired) electrons. The van der Waals surface area contributed by atoms with Crippen molar-refractivity contribution in [2.45, 2.75) is 41.7 Å². The third-order valence-electron chi connectivity index (χ3n) is 3.50. The summed E-state index contributed by atoms with van der Waals surface area (Å²) in [4.78, 5) is -0.0718. The van der Waals surface area contributed by atoms with E-state index in [1.54, 1.807) is 19.1 Å². The molecule has 7 nitrogen and oxygen atoms in total. The van der Waals surface area contributed by atoms with Crippen molar-refractivity contribution in [1.29, 1.82) is 0 Å². The predicted molar refractivity (Wildman–Crippen MR) is 72.1 cm³/mol. The van der Waals surface area contributed by atoms with Crippen molar-refractivity contribution in [3.63, 3.8) is 0 Å². The highest BCUT2D eigenvalue weighted by molar-refractivity contribution is 7.92. The fourth-order valence-corrected chi connectivity index (χ4v) is 3.79. The van der Waals surface area contributed by atoms with Gasteiger partial charge in [0.2, 0.25) is 9.84 Å². The van der Waals surface area contributed by atoms with E-state index in [1.807, 2.05) is 0 Å². The van der Waals surface area contributed by atoms with Crippen LogP contribution in [0.15, 0.2) is 29.2 Å². The van der Waals surface area contributed by atoms with E-state index in [0.717, 1.165) is 5.56 Å². The lowest BCUT2D eigenvalue weighted by Crippen LogP contribution is -2.60. The van der Waals surface area contributed by atoms with Crippen molar-refractivity contribution in [2.75, 3.05) is 6.61 Å². The summed E-state index contributed by atoms with van der Waals surface area (Å²) in [7, 11) is -4.08. The molecule has 0 bridgehead atoms. The number of hydrogen-bond acceptors (Lipinski definition) is 7. The second kappa shape index (κ2) is 5.99. The van der Waals surface area contributed by atoms with Crippen LogP contribution in [0, 0.1) is 6.92 Å². The zero-order valence-electron chi connectivity index (χ0n) is 11.3. The van der Waals surface area contributed by atoms with Crippen LogP contribution in [-0.2, 0) is 14.6 Å². The largest absolute Gasteiger partial charge is 0.394 e. The van der Waals surface area contributed by atoms with Gasteiger partial charge in [0.15, 0.2) is 5.44 Å². The summed E-state index contributed by atoms with van der Waals surface area (Å²) in [6.45, 7) is 1.12. The zero-order chi connectivity index (χ0) is 15.8. The van der Waals surface area contributed by atoms with Crippen LogP contribution < -0.4 is 0 Å². The molecule has 0 aromatic heterocycles. The molecule has 1 aliphatic heterocycles. The molecule has 1 heterocycles. The lowest BCUT2D eigenvalue weighted by atomic mass is 10.0. The molecule has 0 aliphatic carbocycles. The van der Waals surface area contributed by atoms with Gasteiger partial charge in [0.05, 0.1) is 11.5 Å². The smallest absolute Gasteiger partial charge is 0.207 e. The van der Waals surface area contributed by atoms with Gasteiger partial charge in [-0.25, -0.2) is 8.42 Å². The Morgan fingerprint density at radius 1 is 1.05 bits per heavy atom. The molecule has 118 valence electrons. The Balaban J connectivity index is 2.36. The number of benzene rings is 1. The molecule has 4 N–H and O–H groups in total. The minimum atomic E-state index is -4.08. The molecule has 1 aromatic carbocycles. The number of aryl methyl sites for hydroxylation is 1. The number of aliphatic hydroxyl groups is 4. The van der Waals surface area contributed by atoms with Gasteiger partial charge in [0.1, 0.15) is 24.4 Å². The molecular formula is C13H18O7S. The van der Waals surface area contributed by atoms with Crippen LogP contribution in [0.1, 0.15) is 5.56 Å². The van der Waals surface area contributed by atoms with E-state index >= 15 is 0 Å². The van der Waals surface area contributed by atoms with Gasteiger partial charge in [-0.3, -0.25) is 0 Å². The van der Waals surface area contributed by atoms with Crippen LogP contribution in [0.5, 0.6) is 0 Å². The van der Waals surface area contributed by atoms with Crippen molar-refractivity contribution < 1.29 is 33.6 Å². The number of sulfone groups is 1. The van der Waals surface area contributed by atoms with Gasteiger partial charge in [-0.1, -0.05) is 17.7 Å². The third kappa shape index (κ3) is 2.96. The van der Waals surface area contributed by atoms with Gasteiger partial charge in [0.25, 0.3) is 0 Å². The van der Waals surface area contributed by atoms with Crippen LogP contribution in [0.2, 0.25) is 0 Å². The molecule has 21 heavy (non-hydrogen) atoms. The number of hydrogen-bond donors (Lipinski definition) is 4. The summed E-state index contributed by atoms with van der Waals surface area (Å²) in [5, 5.41) is 38.3. The molecule has 2 rings (SSSR count). The van der Waals surface area contributed by atoms with Crippen LogP contribution >= 0.6 is 0 Å². The molecule has 8 heteroatoms. The quantitative estimate of drug-likeness (QED) is 0.538. The Bertz CT molecular complexity index is 581. The average molecular weight is 318 g/mol. The van der Waals surface area contributed by atoms with E-state index in [0.29, 0.717) is 0 Å². The highest BCUT2D eigenvalue weighted by Crippen LogP contribution is 2.28. The van der Waals surface area contributed by atoms with Crippen LogP contribution in [0.25, 0.3) is 0 Å². The van der Waals surface area contributed by atoms with Crippen LogP contribution in [0.3, 0.4) is 0 Å². The first kappa shape index (κ1) is 16.3. The van der Waals surface area contributed by atoms with Gasteiger partial charge in [-0.2, -0.15) is 0 Å². The Morgan fingerprint density at radius 2 is 1.62 bits per heavy atom. The minimum absolute atomic E-state index is 0.0718. The molecule has 0 spiro atoms. The number of aliphatic hydroxyl groups excluding tert-OH is 4. The first-order valence-electron chi connectivity index (χ1n) is 6.40. The maximum absolute atomic E-state index is 12.5. The molecule has 0 saturated carbocycles. The SMILES string of the molecule is Cc1ccc(S(=O)(=O)[C@@H]2O[C@H](CO)[C@H](O)[C@H](O)[C@H]2O)cc1.